The third-order valence-corrected chi connectivity index (χ3v) is 5.10. The lowest BCUT2D eigenvalue weighted by Crippen LogP contribution is -2.27. The van der Waals surface area contributed by atoms with Crippen LogP contribution < -0.4 is 4.72 Å². The molecular weight excluding hydrogens is 353 g/mol. The second kappa shape index (κ2) is 8.16. The van der Waals surface area contributed by atoms with E-state index >= 15 is 0 Å². The van der Waals surface area contributed by atoms with Crippen molar-refractivity contribution in [3.05, 3.63) is 83.9 Å². The average Bonchev–Trinajstić information content (AvgIpc) is 2.65. The number of hydrogen-bond donors (Lipinski definition) is 1. The Morgan fingerprint density at radius 3 is 2.19 bits per heavy atom. The van der Waals surface area contributed by atoms with Gasteiger partial charge in [-0.15, -0.1) is 0 Å². The van der Waals surface area contributed by atoms with Crippen LogP contribution in [0.25, 0.3) is 11.4 Å². The van der Waals surface area contributed by atoms with Crippen molar-refractivity contribution < 1.29 is 12.8 Å². The lowest BCUT2D eigenvalue weighted by atomic mass is 10.2. The summed E-state index contributed by atoms with van der Waals surface area (Å²) >= 11 is 0. The van der Waals surface area contributed by atoms with E-state index in [0.717, 1.165) is 11.1 Å². The van der Waals surface area contributed by atoms with Gasteiger partial charge in [0.1, 0.15) is 5.82 Å². The summed E-state index contributed by atoms with van der Waals surface area (Å²) in [5.74, 6) is 0.0563. The van der Waals surface area contributed by atoms with Crippen LogP contribution in [0, 0.1) is 5.82 Å². The van der Waals surface area contributed by atoms with Gasteiger partial charge in [0.05, 0.1) is 5.75 Å². The number of sulfonamides is 1. The predicted octanol–water partition coefficient (Wildman–Crippen LogP) is 2.94. The topological polar surface area (TPSA) is 72.0 Å². The molecule has 7 heteroatoms. The van der Waals surface area contributed by atoms with Crippen LogP contribution in [0.2, 0.25) is 0 Å². The van der Waals surface area contributed by atoms with Crippen molar-refractivity contribution in [3.63, 3.8) is 0 Å². The van der Waals surface area contributed by atoms with Crippen LogP contribution >= 0.6 is 0 Å². The van der Waals surface area contributed by atoms with E-state index in [2.05, 4.69) is 14.7 Å². The minimum absolute atomic E-state index is 0.184. The first kappa shape index (κ1) is 18.2. The van der Waals surface area contributed by atoms with Crippen molar-refractivity contribution in [1.82, 2.24) is 14.7 Å². The lowest BCUT2D eigenvalue weighted by molar-refractivity contribution is 0.580. The Kier molecular flexibility index (Phi) is 5.70. The monoisotopic (exact) mass is 371 g/mol. The lowest BCUT2D eigenvalue weighted by Gasteiger charge is -2.07. The maximum Gasteiger partial charge on any atom is 0.215 e. The van der Waals surface area contributed by atoms with Gasteiger partial charge in [0.15, 0.2) is 5.82 Å². The summed E-state index contributed by atoms with van der Waals surface area (Å²) < 4.78 is 39.6. The maximum atomic E-state index is 12.9. The third-order valence-electron chi connectivity index (χ3n) is 3.74. The Labute approximate surface area is 152 Å². The second-order valence-corrected chi connectivity index (χ2v) is 7.62. The van der Waals surface area contributed by atoms with Gasteiger partial charge in [-0.3, -0.25) is 0 Å². The molecule has 0 aliphatic rings. The van der Waals surface area contributed by atoms with Gasteiger partial charge in [0.25, 0.3) is 0 Å². The molecule has 134 valence electrons. The van der Waals surface area contributed by atoms with Crippen molar-refractivity contribution in [3.8, 4) is 11.4 Å². The molecule has 0 atom stereocenters. The highest BCUT2D eigenvalue weighted by Gasteiger charge is 2.11. The molecule has 0 fully saturated rings. The first-order valence-electron chi connectivity index (χ1n) is 8.10. The first-order chi connectivity index (χ1) is 12.5. The SMILES string of the molecule is O=S(=O)(Cc1ccc(F)cc1)NCCc1cnc(-c2ccccc2)nc1. The number of aromatic nitrogens is 2. The summed E-state index contributed by atoms with van der Waals surface area (Å²) in [6.07, 6.45) is 3.88. The fourth-order valence-corrected chi connectivity index (χ4v) is 3.57. The van der Waals surface area contributed by atoms with E-state index in [1.807, 2.05) is 30.3 Å². The zero-order valence-corrected chi connectivity index (χ0v) is 14.8. The molecule has 1 N–H and O–H groups in total. The molecule has 0 aliphatic carbocycles. The molecule has 0 radical (unpaired) electrons. The summed E-state index contributed by atoms with van der Waals surface area (Å²) in [6, 6.07) is 15.0. The molecule has 26 heavy (non-hydrogen) atoms. The summed E-state index contributed by atoms with van der Waals surface area (Å²) in [6.45, 7) is 0.248. The molecule has 0 saturated carbocycles. The Hall–Kier alpha value is -2.64. The third kappa shape index (κ3) is 5.18. The highest BCUT2D eigenvalue weighted by molar-refractivity contribution is 7.88. The number of nitrogens with zero attached hydrogens (tertiary/aromatic N) is 2. The van der Waals surface area contributed by atoms with Crippen molar-refractivity contribution in [2.24, 2.45) is 0 Å². The molecule has 0 spiro atoms. The van der Waals surface area contributed by atoms with Gasteiger partial charge in [-0.2, -0.15) is 0 Å². The molecule has 3 aromatic rings. The highest BCUT2D eigenvalue weighted by Crippen LogP contribution is 2.13. The number of rotatable bonds is 7. The standard InChI is InChI=1S/C19H18FN3O2S/c20-18-8-6-15(7-9-18)14-26(24,25)23-11-10-16-12-21-19(22-13-16)17-4-2-1-3-5-17/h1-9,12-13,23H,10-11,14H2. The van der Waals surface area contributed by atoms with Crippen LogP contribution in [0.5, 0.6) is 0 Å². The van der Waals surface area contributed by atoms with Crippen molar-refractivity contribution in [1.29, 1.82) is 0 Å². The molecule has 0 saturated heterocycles. The molecule has 0 unspecified atom stereocenters. The fourth-order valence-electron chi connectivity index (χ4n) is 2.42. The molecule has 0 bridgehead atoms. The molecule has 5 nitrogen and oxygen atoms in total. The summed E-state index contributed by atoms with van der Waals surface area (Å²) in [7, 11) is -3.48. The fraction of sp³-hybridized carbons (Fsp3) is 0.158. The van der Waals surface area contributed by atoms with Gasteiger partial charge in [-0.25, -0.2) is 27.5 Å². The number of hydrogen-bond acceptors (Lipinski definition) is 4. The normalized spacial score (nSPS) is 11.4. The van der Waals surface area contributed by atoms with Crippen LogP contribution in [0.1, 0.15) is 11.1 Å². The molecule has 1 aromatic heterocycles. The zero-order valence-electron chi connectivity index (χ0n) is 14.0. The number of halogens is 1. The Morgan fingerprint density at radius 2 is 1.54 bits per heavy atom. The maximum absolute atomic E-state index is 12.9. The van der Waals surface area contributed by atoms with Gasteiger partial charge in [-0.05, 0) is 29.7 Å². The zero-order chi connectivity index (χ0) is 18.4. The molecule has 1 heterocycles. The first-order valence-corrected chi connectivity index (χ1v) is 9.75. The van der Waals surface area contributed by atoms with E-state index in [1.165, 1.54) is 24.3 Å². The number of benzene rings is 2. The Morgan fingerprint density at radius 1 is 0.885 bits per heavy atom. The molecule has 2 aromatic carbocycles. The smallest absolute Gasteiger partial charge is 0.215 e. The molecule has 0 amide bonds. The van der Waals surface area contributed by atoms with Crippen LogP contribution in [0.15, 0.2) is 67.0 Å². The molecule has 0 aliphatic heterocycles. The van der Waals surface area contributed by atoms with E-state index in [0.29, 0.717) is 17.8 Å². The van der Waals surface area contributed by atoms with Crippen LogP contribution in [0.4, 0.5) is 4.39 Å². The molecule has 3 rings (SSSR count). The van der Waals surface area contributed by atoms with Gasteiger partial charge in [0.2, 0.25) is 10.0 Å². The van der Waals surface area contributed by atoms with Crippen LogP contribution in [0.3, 0.4) is 0 Å². The summed E-state index contributed by atoms with van der Waals surface area (Å²) in [4.78, 5) is 8.63. The predicted molar refractivity (Wildman–Crippen MR) is 98.2 cm³/mol. The minimum atomic E-state index is -3.48. The van der Waals surface area contributed by atoms with Crippen molar-refractivity contribution in [2.45, 2.75) is 12.2 Å². The Balaban J connectivity index is 1.53. The van der Waals surface area contributed by atoms with E-state index < -0.39 is 15.8 Å². The van der Waals surface area contributed by atoms with Crippen LogP contribution in [-0.4, -0.2) is 24.9 Å². The van der Waals surface area contributed by atoms with E-state index in [1.54, 1.807) is 12.4 Å². The van der Waals surface area contributed by atoms with E-state index in [9.17, 15) is 12.8 Å². The molecular formula is C19H18FN3O2S. The largest absolute Gasteiger partial charge is 0.236 e. The minimum Gasteiger partial charge on any atom is -0.236 e. The quantitative estimate of drug-likeness (QED) is 0.693. The van der Waals surface area contributed by atoms with Gasteiger partial charge in [-0.1, -0.05) is 42.5 Å². The highest BCUT2D eigenvalue weighted by atomic mass is 32.2. The van der Waals surface area contributed by atoms with Crippen molar-refractivity contribution >= 4 is 10.0 Å². The van der Waals surface area contributed by atoms with E-state index in [4.69, 9.17) is 0 Å². The van der Waals surface area contributed by atoms with Gasteiger partial charge in [0, 0.05) is 24.5 Å². The summed E-state index contributed by atoms with van der Waals surface area (Å²) in [5, 5.41) is 0. The Bertz CT molecular complexity index is 944. The average molecular weight is 371 g/mol. The summed E-state index contributed by atoms with van der Waals surface area (Å²) in [5.41, 5.74) is 2.31. The van der Waals surface area contributed by atoms with E-state index in [-0.39, 0.29) is 12.3 Å². The number of nitrogens with one attached hydrogen (secondary N) is 1. The van der Waals surface area contributed by atoms with Gasteiger partial charge < -0.3 is 0 Å². The second-order valence-electron chi connectivity index (χ2n) is 5.81. The van der Waals surface area contributed by atoms with Crippen LogP contribution in [-0.2, 0) is 22.2 Å². The van der Waals surface area contributed by atoms with Gasteiger partial charge >= 0.3 is 0 Å². The van der Waals surface area contributed by atoms with Crippen molar-refractivity contribution in [2.75, 3.05) is 6.54 Å².